The summed E-state index contributed by atoms with van der Waals surface area (Å²) in [7, 11) is 4.86. The first-order valence-electron chi connectivity index (χ1n) is 8.23. The van der Waals surface area contributed by atoms with Crippen molar-refractivity contribution in [3.63, 3.8) is 0 Å². The van der Waals surface area contributed by atoms with Crippen molar-refractivity contribution in [3.05, 3.63) is 27.2 Å². The van der Waals surface area contributed by atoms with Gasteiger partial charge in [0.2, 0.25) is 0 Å². The lowest BCUT2D eigenvalue weighted by Gasteiger charge is -2.20. The van der Waals surface area contributed by atoms with Gasteiger partial charge in [0, 0.05) is 34.2 Å². The van der Waals surface area contributed by atoms with Crippen LogP contribution in [0.5, 0.6) is 0 Å². The fourth-order valence-corrected chi connectivity index (χ4v) is 2.92. The highest BCUT2D eigenvalue weighted by Gasteiger charge is 2.29. The second-order valence-electron chi connectivity index (χ2n) is 5.98. The Bertz CT molecular complexity index is 935. The maximum absolute atomic E-state index is 12.5. The van der Waals surface area contributed by atoms with Crippen molar-refractivity contribution < 1.29 is 4.84 Å². The normalized spacial score (nSPS) is 17.8. The number of rotatable bonds is 4. The number of hydrogen-bond donors (Lipinski definition) is 0. The molecule has 2 aromatic heterocycles. The molecule has 0 aromatic carbocycles. The van der Waals surface area contributed by atoms with Crippen LogP contribution in [0.4, 0.5) is 0 Å². The molecule has 2 aromatic rings. The Morgan fingerprint density at radius 2 is 1.84 bits per heavy atom. The van der Waals surface area contributed by atoms with Gasteiger partial charge in [-0.3, -0.25) is 13.9 Å². The number of hydroxylamine groups is 2. The van der Waals surface area contributed by atoms with Crippen molar-refractivity contribution in [2.24, 2.45) is 19.1 Å². The van der Waals surface area contributed by atoms with Crippen LogP contribution in [0.3, 0.4) is 0 Å². The molecule has 1 aliphatic rings. The summed E-state index contributed by atoms with van der Waals surface area (Å²) in [5, 5.41) is 1.66. The van der Waals surface area contributed by atoms with Gasteiger partial charge < -0.3 is 14.3 Å². The molecule has 10 heteroatoms. The van der Waals surface area contributed by atoms with Crippen LogP contribution in [0.1, 0.15) is 13.8 Å². The van der Waals surface area contributed by atoms with E-state index in [2.05, 4.69) is 9.98 Å². The molecule has 3 heterocycles. The van der Waals surface area contributed by atoms with Crippen molar-refractivity contribution in [2.45, 2.75) is 26.6 Å². The van der Waals surface area contributed by atoms with Crippen LogP contribution in [0.2, 0.25) is 0 Å². The fraction of sp³-hybridized carbons (Fsp3) is 0.600. The van der Waals surface area contributed by atoms with Gasteiger partial charge in [-0.25, -0.2) is 14.8 Å². The molecule has 0 saturated carbocycles. The number of likely N-dealkylation sites (N-methyl/N-ethyl adjacent to an activating group) is 1. The van der Waals surface area contributed by atoms with Crippen LogP contribution >= 0.6 is 0 Å². The number of hydrogen-bond acceptors (Lipinski definition) is 7. The Kier molecular flexibility index (Phi) is 4.38. The first-order chi connectivity index (χ1) is 11.9. The van der Waals surface area contributed by atoms with E-state index in [9.17, 15) is 9.59 Å². The van der Waals surface area contributed by atoms with Crippen LogP contribution in [-0.2, 0) is 25.5 Å². The molecule has 1 aliphatic heterocycles. The lowest BCUT2D eigenvalue weighted by Crippen LogP contribution is -2.38. The predicted octanol–water partition coefficient (Wildman–Crippen LogP) is -0.665. The minimum atomic E-state index is -0.397. The Balaban J connectivity index is 1.99. The predicted molar refractivity (Wildman–Crippen MR) is 93.2 cm³/mol. The summed E-state index contributed by atoms with van der Waals surface area (Å²) in [5.74, 6) is 0. The van der Waals surface area contributed by atoms with E-state index in [-0.39, 0.29) is 11.7 Å². The number of imidazole rings is 1. The number of fused-ring (bicyclic) bond motifs is 1. The highest BCUT2D eigenvalue weighted by molar-refractivity contribution is 5.75. The summed E-state index contributed by atoms with van der Waals surface area (Å²) in [6.07, 6.45) is 1.28. The topological polar surface area (TPSA) is 89.9 Å². The number of aliphatic imine (C=N–C) groups is 1. The molecule has 0 spiro atoms. The van der Waals surface area contributed by atoms with E-state index in [4.69, 9.17) is 4.84 Å². The van der Waals surface area contributed by atoms with Crippen LogP contribution in [0.25, 0.3) is 11.2 Å². The first-order valence-corrected chi connectivity index (χ1v) is 8.23. The lowest BCUT2D eigenvalue weighted by molar-refractivity contribution is -0.0705. The largest absolute Gasteiger partial charge is 0.366 e. The molecule has 136 valence electrons. The van der Waals surface area contributed by atoms with E-state index >= 15 is 0 Å². The van der Waals surface area contributed by atoms with Crippen LogP contribution in [0.15, 0.2) is 20.9 Å². The van der Waals surface area contributed by atoms with Gasteiger partial charge in [0.15, 0.2) is 17.3 Å². The Labute approximate surface area is 144 Å². The van der Waals surface area contributed by atoms with Gasteiger partial charge in [0.25, 0.3) is 5.56 Å². The zero-order valence-electron chi connectivity index (χ0n) is 15.1. The monoisotopic (exact) mass is 349 g/mol. The van der Waals surface area contributed by atoms with Gasteiger partial charge in [-0.05, 0) is 13.8 Å². The summed E-state index contributed by atoms with van der Waals surface area (Å²) < 4.78 is 4.17. The summed E-state index contributed by atoms with van der Waals surface area (Å²) in [4.78, 5) is 41.1. The summed E-state index contributed by atoms with van der Waals surface area (Å²) in [5.41, 5.74) is -0.0249. The average molecular weight is 349 g/mol. The van der Waals surface area contributed by atoms with Gasteiger partial charge in [0.05, 0.1) is 12.9 Å². The third-order valence-corrected chi connectivity index (χ3v) is 4.52. The van der Waals surface area contributed by atoms with Crippen molar-refractivity contribution in [1.29, 1.82) is 0 Å². The number of nitrogens with zero attached hydrogens (tertiary/aromatic N) is 7. The van der Waals surface area contributed by atoms with Gasteiger partial charge in [0.1, 0.15) is 0 Å². The smallest absolute Gasteiger partial charge is 0.332 e. The van der Waals surface area contributed by atoms with Gasteiger partial charge in [-0.1, -0.05) is 0 Å². The maximum atomic E-state index is 12.5. The van der Waals surface area contributed by atoms with E-state index in [0.29, 0.717) is 23.7 Å². The SMILES string of the molecule is CCN(CC)C1=NC(Cn2cnc3c2c(=O)n(C)c(=O)n3C)N(C)O1. The number of aromatic nitrogens is 4. The van der Waals surface area contributed by atoms with E-state index in [1.165, 1.54) is 11.6 Å². The van der Waals surface area contributed by atoms with Crippen LogP contribution < -0.4 is 11.2 Å². The van der Waals surface area contributed by atoms with Crippen molar-refractivity contribution in [3.8, 4) is 0 Å². The second-order valence-corrected chi connectivity index (χ2v) is 5.98. The third-order valence-electron chi connectivity index (χ3n) is 4.52. The van der Waals surface area contributed by atoms with Gasteiger partial charge in [-0.15, -0.1) is 5.06 Å². The Hall–Kier alpha value is -2.62. The molecule has 0 fully saturated rings. The molecule has 0 aliphatic carbocycles. The fourth-order valence-electron chi connectivity index (χ4n) is 2.92. The molecule has 0 amide bonds. The van der Waals surface area contributed by atoms with E-state index < -0.39 is 5.69 Å². The Morgan fingerprint density at radius 1 is 1.16 bits per heavy atom. The molecule has 3 rings (SSSR count). The van der Waals surface area contributed by atoms with E-state index in [0.717, 1.165) is 17.7 Å². The van der Waals surface area contributed by atoms with E-state index in [1.54, 1.807) is 30.1 Å². The molecular weight excluding hydrogens is 326 g/mol. The van der Waals surface area contributed by atoms with Gasteiger partial charge in [-0.2, -0.15) is 0 Å². The summed E-state index contributed by atoms with van der Waals surface area (Å²) in [6, 6.07) is 0.572. The van der Waals surface area contributed by atoms with E-state index in [1.807, 2.05) is 18.7 Å². The summed E-state index contributed by atoms with van der Waals surface area (Å²) in [6.45, 7) is 6.07. The molecule has 1 atom stereocenters. The van der Waals surface area contributed by atoms with Crippen molar-refractivity contribution in [2.75, 3.05) is 20.1 Å². The van der Waals surface area contributed by atoms with Crippen molar-refractivity contribution >= 4 is 17.2 Å². The summed E-state index contributed by atoms with van der Waals surface area (Å²) >= 11 is 0. The molecule has 1 unspecified atom stereocenters. The molecular formula is C15H23N7O3. The quantitative estimate of drug-likeness (QED) is 0.728. The maximum Gasteiger partial charge on any atom is 0.332 e. The molecule has 0 bridgehead atoms. The zero-order chi connectivity index (χ0) is 18.3. The minimum absolute atomic E-state index is 0.282. The molecule has 0 saturated heterocycles. The Morgan fingerprint density at radius 3 is 2.48 bits per heavy atom. The van der Waals surface area contributed by atoms with Crippen molar-refractivity contribution in [1.82, 2.24) is 28.6 Å². The number of aryl methyl sites for hydroxylation is 1. The van der Waals surface area contributed by atoms with Gasteiger partial charge >= 0.3 is 11.7 Å². The molecule has 25 heavy (non-hydrogen) atoms. The highest BCUT2D eigenvalue weighted by Crippen LogP contribution is 2.16. The minimum Gasteiger partial charge on any atom is -0.366 e. The molecule has 10 nitrogen and oxygen atoms in total. The zero-order valence-corrected chi connectivity index (χ0v) is 15.1. The average Bonchev–Trinajstić information content (AvgIpc) is 3.17. The first kappa shape index (κ1) is 17.2. The third kappa shape index (κ3) is 2.72. The molecule has 0 radical (unpaired) electrons. The number of amidine groups is 1. The molecule has 0 N–H and O–H groups in total. The van der Waals surface area contributed by atoms with Crippen LogP contribution in [-0.4, -0.2) is 61.0 Å². The second kappa shape index (κ2) is 6.36. The van der Waals surface area contributed by atoms with Crippen LogP contribution in [0, 0.1) is 0 Å². The standard InChI is InChI=1S/C15H23N7O3/c1-6-21(7-2)14-17-10(20(5)25-14)8-22-9-16-12-11(22)13(23)19(4)15(24)18(12)3/h9-10H,6-8H2,1-5H3. The lowest BCUT2D eigenvalue weighted by atomic mass is 10.4. The highest BCUT2D eigenvalue weighted by atomic mass is 16.7.